The van der Waals surface area contributed by atoms with Crippen molar-refractivity contribution < 1.29 is 82.8 Å². The smallest absolute Gasteiger partial charge is 0.295 e. The van der Waals surface area contributed by atoms with Crippen LogP contribution in [0.15, 0.2) is 46.2 Å². The van der Waals surface area contributed by atoms with Gasteiger partial charge in [-0.2, -0.15) is 55.2 Å². The molecule has 36 heteroatoms. The van der Waals surface area contributed by atoms with E-state index >= 15 is 0 Å². The summed E-state index contributed by atoms with van der Waals surface area (Å²) in [6.07, 6.45) is 2.79. The number of benzene rings is 2. The molecule has 0 radical (unpaired) electrons. The molecule has 0 bridgehead atoms. The van der Waals surface area contributed by atoms with E-state index in [9.17, 15) is 29.8 Å². The first-order valence-electron chi connectivity index (χ1n) is 17.1. The summed E-state index contributed by atoms with van der Waals surface area (Å²) in [5.74, 6) is -1.36. The van der Waals surface area contributed by atoms with Crippen LogP contribution in [0.3, 0.4) is 0 Å². The highest BCUT2D eigenvalue weighted by molar-refractivity contribution is 7.95. The van der Waals surface area contributed by atoms with Gasteiger partial charge in [-0.25, -0.2) is 15.8 Å². The van der Waals surface area contributed by atoms with Crippen molar-refractivity contribution in [2.75, 3.05) is 81.1 Å². The lowest BCUT2D eigenvalue weighted by Crippen LogP contribution is -2.19. The Balaban J connectivity index is 1.59. The van der Waals surface area contributed by atoms with Gasteiger partial charge in [-0.05, 0) is 35.4 Å². The van der Waals surface area contributed by atoms with E-state index in [0.29, 0.717) is 17.6 Å². The summed E-state index contributed by atoms with van der Waals surface area (Å²) >= 11 is 2.07. The van der Waals surface area contributed by atoms with Crippen LogP contribution >= 0.6 is 36.1 Å². The number of anilines is 8. The number of hydrogen-bond acceptors (Lipinski definition) is 30. The van der Waals surface area contributed by atoms with Crippen molar-refractivity contribution in [3.63, 3.8) is 0 Å². The zero-order valence-electron chi connectivity index (χ0n) is 32.0. The number of hydrogen-bond donors (Lipinski definition) is 12. The highest BCUT2D eigenvalue weighted by atomic mass is 32.2. The van der Waals surface area contributed by atoms with Crippen LogP contribution in [-0.2, 0) is 58.5 Å². The summed E-state index contributed by atoms with van der Waals surface area (Å²) < 4.78 is 112. The van der Waals surface area contributed by atoms with Gasteiger partial charge >= 0.3 is 0 Å². The van der Waals surface area contributed by atoms with Crippen molar-refractivity contribution in [1.82, 2.24) is 29.9 Å². The molecule has 0 unspecified atom stereocenters. The third-order valence-corrected chi connectivity index (χ3v) is 11.1. The molecular weight excluding hydrogens is 985 g/mol. The summed E-state index contributed by atoms with van der Waals surface area (Å²) in [5.41, 5.74) is 0.739. The van der Waals surface area contributed by atoms with E-state index in [-0.39, 0.29) is 95.2 Å². The first kappa shape index (κ1) is 52.0. The Kier molecular flexibility index (Phi) is 21.0. The van der Waals surface area contributed by atoms with E-state index in [4.69, 9.17) is 24.9 Å². The van der Waals surface area contributed by atoms with E-state index < -0.39 is 46.8 Å². The summed E-state index contributed by atoms with van der Waals surface area (Å²) in [4.78, 5) is 24.7. The van der Waals surface area contributed by atoms with Gasteiger partial charge in [0.2, 0.25) is 35.7 Å². The van der Waals surface area contributed by atoms with Gasteiger partial charge in [-0.15, -0.1) is 13.0 Å². The van der Waals surface area contributed by atoms with Gasteiger partial charge in [-0.1, -0.05) is 39.4 Å². The summed E-state index contributed by atoms with van der Waals surface area (Å²) in [7, 11) is -13.6. The first-order valence-corrected chi connectivity index (χ1v) is 24.4. The van der Waals surface area contributed by atoms with E-state index in [1.807, 2.05) is 0 Å². The summed E-state index contributed by atoms with van der Waals surface area (Å²) in [5, 5.41) is 53.0. The number of nitrogens with zero attached hydrogens (tertiary/aromatic N) is 6. The maximum Gasteiger partial charge on any atom is 0.295 e. The third-order valence-electron chi connectivity index (χ3n) is 7.07. The van der Waals surface area contributed by atoms with E-state index in [1.54, 1.807) is 0 Å². The van der Waals surface area contributed by atoms with Gasteiger partial charge in [0, 0.05) is 78.0 Å². The number of rotatable bonds is 30. The van der Waals surface area contributed by atoms with E-state index in [1.165, 1.54) is 42.5 Å². The van der Waals surface area contributed by atoms with Crippen molar-refractivity contribution >= 4 is 126 Å². The normalized spacial score (nSPS) is 12.0. The predicted octanol–water partition coefficient (Wildman–Crippen LogP) is 2.95. The lowest BCUT2D eigenvalue weighted by atomic mass is 10.1. The van der Waals surface area contributed by atoms with Gasteiger partial charge in [0.05, 0.1) is 23.5 Å². The van der Waals surface area contributed by atoms with Crippen LogP contribution in [0, 0.1) is 0 Å². The molecule has 0 atom stereocenters. The molecule has 352 valence electrons. The Morgan fingerprint density at radius 3 is 1.38 bits per heavy atom. The van der Waals surface area contributed by atoms with Gasteiger partial charge in [-0.3, -0.25) is 13.7 Å². The lowest BCUT2D eigenvalue weighted by molar-refractivity contribution is -0.432. The van der Waals surface area contributed by atoms with Gasteiger partial charge in [0.25, 0.3) is 30.4 Å². The molecule has 0 fully saturated rings. The molecule has 2 aromatic heterocycles. The van der Waals surface area contributed by atoms with Crippen LogP contribution in [0.25, 0.3) is 12.2 Å². The molecule has 0 saturated carbocycles. The summed E-state index contributed by atoms with van der Waals surface area (Å²) in [6.45, 7) is -0.204. The molecule has 30 nitrogen and oxygen atoms in total. The standard InChI is InChI=1S/C28H36N12O18S6/c41-53-56-59-11-7-29-23-35-24(30-8-12-60-57-54-42)38-28(37-23)34-20-6-4-18(22(16-20)64(50,51)52)2-1-17-3-5-19(15-21(17)61-58-55-43)33-27-39-25(31-9-13-62(44,45)46)36-26(40-27)32-10-14-63(47,48)49/h1-6,15-16,41-43H,7-14H2,(H,44,45,46)(H,47,48,49)(H,50,51,52)(H3,29,30,34,35,37,38)(H3,31,32,33,36,39,40)/b2-1+. The lowest BCUT2D eigenvalue weighted by Gasteiger charge is -2.13. The van der Waals surface area contributed by atoms with Crippen LogP contribution in [0.2, 0.25) is 0 Å². The first-order chi connectivity index (χ1) is 30.4. The van der Waals surface area contributed by atoms with Crippen molar-refractivity contribution in [3.8, 4) is 0 Å². The molecule has 64 heavy (non-hydrogen) atoms. The molecule has 2 aromatic carbocycles. The van der Waals surface area contributed by atoms with Gasteiger partial charge in [0.15, 0.2) is 0 Å². The Labute approximate surface area is 375 Å². The zero-order chi connectivity index (χ0) is 46.6. The molecule has 0 aliphatic heterocycles. The molecule has 12 N–H and O–H groups in total. The van der Waals surface area contributed by atoms with Crippen LogP contribution in [0.5, 0.6) is 0 Å². The second kappa shape index (κ2) is 25.8. The minimum absolute atomic E-state index is 0.0114. The third kappa shape index (κ3) is 19.7. The topological polar surface area (TPSA) is 429 Å². The molecule has 0 saturated heterocycles. The quantitative estimate of drug-likeness (QED) is 0.00892. The minimum Gasteiger partial charge on any atom is -0.353 e. The monoisotopic (exact) mass is 1020 g/mol. The van der Waals surface area contributed by atoms with Crippen molar-refractivity contribution in [1.29, 1.82) is 0 Å². The van der Waals surface area contributed by atoms with Crippen LogP contribution in [0.1, 0.15) is 11.1 Å². The van der Waals surface area contributed by atoms with Gasteiger partial charge in [0.1, 0.15) is 4.90 Å². The second-order valence-electron chi connectivity index (χ2n) is 11.6. The average molecular weight is 1020 g/mol. The molecule has 0 spiro atoms. The fraction of sp³-hybridized carbons (Fsp3) is 0.286. The average Bonchev–Trinajstić information content (AvgIpc) is 3.21. The number of aromatic nitrogens is 6. The molecular formula is C28H36N12O18S6. The summed E-state index contributed by atoms with van der Waals surface area (Å²) in [6, 6.07) is 8.41. The SMILES string of the molecule is O=S(=O)(O)CCNc1nc(NCCS(=O)(=O)O)nc(Nc2ccc(/C=C/c3ccc(Nc4nc(NCCSOOO)nc(NCCSOOO)n4)cc3S(=O)(=O)O)c(SOOO)c2)n1. The predicted molar refractivity (Wildman–Crippen MR) is 230 cm³/mol. The van der Waals surface area contributed by atoms with E-state index in [2.05, 4.69) is 89.9 Å². The highest BCUT2D eigenvalue weighted by Crippen LogP contribution is 2.31. The van der Waals surface area contributed by atoms with Crippen LogP contribution in [0.4, 0.5) is 47.1 Å². The van der Waals surface area contributed by atoms with Crippen molar-refractivity contribution in [2.24, 2.45) is 0 Å². The maximum atomic E-state index is 12.6. The van der Waals surface area contributed by atoms with Gasteiger partial charge < -0.3 is 31.9 Å². The molecule has 4 rings (SSSR count). The molecule has 0 aliphatic rings. The zero-order valence-corrected chi connectivity index (χ0v) is 36.9. The molecule has 2 heterocycles. The largest absolute Gasteiger partial charge is 0.353 e. The van der Waals surface area contributed by atoms with Crippen LogP contribution < -0.4 is 31.9 Å². The fourth-order valence-electron chi connectivity index (χ4n) is 4.57. The van der Waals surface area contributed by atoms with Crippen molar-refractivity contribution in [2.45, 2.75) is 9.79 Å². The fourth-order valence-corrected chi connectivity index (χ4v) is 7.10. The Morgan fingerprint density at radius 2 is 0.938 bits per heavy atom. The number of nitrogens with one attached hydrogen (secondary N) is 6. The second-order valence-corrected chi connectivity index (χ2v) is 18.4. The molecule has 0 aliphatic carbocycles. The van der Waals surface area contributed by atoms with E-state index in [0.717, 1.165) is 30.2 Å². The molecule has 0 amide bonds. The highest BCUT2D eigenvalue weighted by Gasteiger charge is 2.18. The Hall–Kier alpha value is -4.58. The minimum atomic E-state index is -4.87. The Bertz CT molecular complexity index is 2430. The van der Waals surface area contributed by atoms with Crippen LogP contribution in [-0.4, -0.2) is 134 Å². The molecule has 4 aromatic rings. The maximum absolute atomic E-state index is 12.6. The van der Waals surface area contributed by atoms with Crippen molar-refractivity contribution in [3.05, 3.63) is 47.5 Å². The Morgan fingerprint density at radius 1 is 0.531 bits per heavy atom.